The number of carbonyl (C=O) groups excluding carboxylic acids is 2. The summed E-state index contributed by atoms with van der Waals surface area (Å²) in [6.45, 7) is 0. The lowest BCUT2D eigenvalue weighted by atomic mass is 9.97. The maximum Gasteiger partial charge on any atom is 0.273 e. The summed E-state index contributed by atoms with van der Waals surface area (Å²) in [6.07, 6.45) is -0.189. The van der Waals surface area contributed by atoms with Crippen LogP contribution in [0.15, 0.2) is 59.7 Å². The van der Waals surface area contributed by atoms with Gasteiger partial charge in [0.15, 0.2) is 0 Å². The minimum Gasteiger partial charge on any atom is -0.312 e. The van der Waals surface area contributed by atoms with Crippen molar-refractivity contribution in [2.75, 3.05) is 0 Å². The molecular weight excluding hydrogens is 324 g/mol. The van der Waals surface area contributed by atoms with Gasteiger partial charge in [0, 0.05) is 11.6 Å². The Bertz CT molecular complexity index is 864. The molecule has 8 heteroatoms. The predicted molar refractivity (Wildman–Crippen MR) is 89.7 cm³/mol. The zero-order valence-corrected chi connectivity index (χ0v) is 13.0. The molecule has 1 aliphatic heterocycles. The molecule has 0 saturated heterocycles. The average Bonchev–Trinajstić information content (AvgIpc) is 2.96. The van der Waals surface area contributed by atoms with Crippen LogP contribution >= 0.6 is 0 Å². The number of nitrogens with zero attached hydrogens (tertiary/aromatic N) is 2. The number of hydrazone groups is 1. The fourth-order valence-electron chi connectivity index (χ4n) is 2.62. The molecule has 8 nitrogen and oxygen atoms in total. The largest absolute Gasteiger partial charge is 0.312 e. The Kier molecular flexibility index (Phi) is 4.51. The molecule has 0 spiro atoms. The van der Waals surface area contributed by atoms with Crippen LogP contribution in [0.5, 0.6) is 0 Å². The van der Waals surface area contributed by atoms with Crippen molar-refractivity contribution < 1.29 is 14.5 Å². The summed E-state index contributed by atoms with van der Waals surface area (Å²) < 4.78 is 0. The fourth-order valence-corrected chi connectivity index (χ4v) is 2.62. The standard InChI is InChI=1S/C17H14N4O4/c22-14(10-12-8-4-5-9-13(12)21(24)25)18-16-15(17(23)20-19-16)11-6-2-1-3-7-11/h1-9,15H,10H2,(H,20,23)(H,18,19,22). The molecule has 0 radical (unpaired) electrons. The molecule has 2 N–H and O–H groups in total. The van der Waals surface area contributed by atoms with Gasteiger partial charge in [0.25, 0.3) is 11.6 Å². The molecular formula is C17H14N4O4. The third-order valence-electron chi connectivity index (χ3n) is 3.76. The highest BCUT2D eigenvalue weighted by molar-refractivity contribution is 6.16. The third-order valence-corrected chi connectivity index (χ3v) is 3.76. The summed E-state index contributed by atoms with van der Waals surface area (Å²) in [5, 5.41) is 17.5. The minimum atomic E-state index is -0.712. The van der Waals surface area contributed by atoms with Crippen molar-refractivity contribution in [3.8, 4) is 0 Å². The number of nitro benzene ring substituents is 1. The second-order valence-corrected chi connectivity index (χ2v) is 5.43. The molecule has 0 saturated carbocycles. The smallest absolute Gasteiger partial charge is 0.273 e. The number of nitrogens with one attached hydrogen (secondary N) is 2. The number of benzene rings is 2. The first-order valence-electron chi connectivity index (χ1n) is 7.51. The van der Waals surface area contributed by atoms with E-state index in [2.05, 4.69) is 15.8 Å². The van der Waals surface area contributed by atoms with Gasteiger partial charge in [-0.05, 0) is 5.56 Å². The number of amides is 2. The monoisotopic (exact) mass is 338 g/mol. The lowest BCUT2D eigenvalue weighted by Gasteiger charge is -2.12. The zero-order chi connectivity index (χ0) is 17.8. The summed E-state index contributed by atoms with van der Waals surface area (Å²) in [7, 11) is 0. The molecule has 1 atom stereocenters. The van der Waals surface area contributed by atoms with E-state index in [0.717, 1.165) is 0 Å². The van der Waals surface area contributed by atoms with Gasteiger partial charge in [0.2, 0.25) is 5.91 Å². The van der Waals surface area contributed by atoms with Crippen molar-refractivity contribution >= 4 is 23.3 Å². The van der Waals surface area contributed by atoms with Gasteiger partial charge < -0.3 is 5.32 Å². The lowest BCUT2D eigenvalue weighted by molar-refractivity contribution is -0.385. The number of rotatable bonds is 4. The van der Waals surface area contributed by atoms with Crippen LogP contribution in [-0.4, -0.2) is 22.6 Å². The van der Waals surface area contributed by atoms with Crippen LogP contribution in [0.2, 0.25) is 0 Å². The third kappa shape index (κ3) is 3.52. The first kappa shape index (κ1) is 16.3. The van der Waals surface area contributed by atoms with E-state index in [1.807, 2.05) is 6.07 Å². The SMILES string of the molecule is O=C(Cc1ccccc1[N+](=O)[O-])NC1=NNC(=O)C1c1ccccc1. The quantitative estimate of drug-likeness (QED) is 0.649. The lowest BCUT2D eigenvalue weighted by Crippen LogP contribution is -2.36. The summed E-state index contributed by atoms with van der Waals surface area (Å²) in [5.41, 5.74) is 3.21. The van der Waals surface area contributed by atoms with E-state index >= 15 is 0 Å². The van der Waals surface area contributed by atoms with Gasteiger partial charge in [-0.15, -0.1) is 0 Å². The Hall–Kier alpha value is -3.55. The van der Waals surface area contributed by atoms with Gasteiger partial charge in [-0.1, -0.05) is 48.5 Å². The second kappa shape index (κ2) is 6.91. The number of carbonyl (C=O) groups is 2. The predicted octanol–water partition coefficient (Wildman–Crippen LogP) is 1.48. The van der Waals surface area contributed by atoms with Crippen LogP contribution in [0, 0.1) is 10.1 Å². The summed E-state index contributed by atoms with van der Waals surface area (Å²) >= 11 is 0. The van der Waals surface area contributed by atoms with Crippen LogP contribution in [0.1, 0.15) is 17.0 Å². The normalized spacial score (nSPS) is 16.1. The van der Waals surface area contributed by atoms with E-state index in [1.165, 1.54) is 18.2 Å². The van der Waals surface area contributed by atoms with Gasteiger partial charge in [-0.25, -0.2) is 5.43 Å². The van der Waals surface area contributed by atoms with Crippen molar-refractivity contribution in [1.29, 1.82) is 0 Å². The fraction of sp³-hybridized carbons (Fsp3) is 0.118. The van der Waals surface area contributed by atoms with Crippen molar-refractivity contribution in [2.45, 2.75) is 12.3 Å². The number of amidine groups is 1. The number of hydrogen-bond acceptors (Lipinski definition) is 5. The van der Waals surface area contributed by atoms with Crippen LogP contribution < -0.4 is 10.7 Å². The molecule has 3 rings (SSSR count). The van der Waals surface area contributed by atoms with Crippen LogP contribution in [0.3, 0.4) is 0 Å². The molecule has 1 aliphatic rings. The molecule has 1 unspecified atom stereocenters. The van der Waals surface area contributed by atoms with Crippen molar-refractivity contribution in [2.24, 2.45) is 5.10 Å². The van der Waals surface area contributed by atoms with Gasteiger partial charge >= 0.3 is 0 Å². The van der Waals surface area contributed by atoms with Gasteiger partial charge in [-0.2, -0.15) is 5.10 Å². The Morgan fingerprint density at radius 2 is 1.84 bits per heavy atom. The van der Waals surface area contributed by atoms with Gasteiger partial charge in [-0.3, -0.25) is 19.7 Å². The summed E-state index contributed by atoms with van der Waals surface area (Å²) in [6, 6.07) is 14.9. The van der Waals surface area contributed by atoms with E-state index in [9.17, 15) is 19.7 Å². The van der Waals surface area contributed by atoms with Crippen LogP contribution in [0.4, 0.5) is 5.69 Å². The molecule has 0 aromatic heterocycles. The van der Waals surface area contributed by atoms with Crippen molar-refractivity contribution in [3.63, 3.8) is 0 Å². The van der Waals surface area contributed by atoms with Crippen LogP contribution in [-0.2, 0) is 16.0 Å². The molecule has 0 aliphatic carbocycles. The van der Waals surface area contributed by atoms with Gasteiger partial charge in [0.1, 0.15) is 11.8 Å². The Morgan fingerprint density at radius 1 is 1.16 bits per heavy atom. The van der Waals surface area contributed by atoms with E-state index in [-0.39, 0.29) is 23.9 Å². The van der Waals surface area contributed by atoms with Crippen molar-refractivity contribution in [3.05, 3.63) is 75.8 Å². The highest BCUT2D eigenvalue weighted by Gasteiger charge is 2.32. The highest BCUT2D eigenvalue weighted by Crippen LogP contribution is 2.21. The summed E-state index contributed by atoms with van der Waals surface area (Å²) in [4.78, 5) is 34.8. The average molecular weight is 338 g/mol. The van der Waals surface area contributed by atoms with Gasteiger partial charge in [0.05, 0.1) is 11.3 Å². The topological polar surface area (TPSA) is 114 Å². The maximum absolute atomic E-state index is 12.3. The molecule has 0 bridgehead atoms. The minimum absolute atomic E-state index is 0.125. The summed E-state index contributed by atoms with van der Waals surface area (Å²) in [5.74, 6) is -1.35. The molecule has 2 aromatic rings. The zero-order valence-electron chi connectivity index (χ0n) is 13.0. The molecule has 25 heavy (non-hydrogen) atoms. The first-order chi connectivity index (χ1) is 12.1. The molecule has 0 fully saturated rings. The molecule has 1 heterocycles. The molecule has 126 valence electrons. The highest BCUT2D eigenvalue weighted by atomic mass is 16.6. The van der Waals surface area contributed by atoms with E-state index in [0.29, 0.717) is 11.1 Å². The molecule has 2 amide bonds. The maximum atomic E-state index is 12.3. The second-order valence-electron chi connectivity index (χ2n) is 5.43. The number of hydrogen-bond donors (Lipinski definition) is 2. The Balaban J connectivity index is 1.75. The molecule has 2 aromatic carbocycles. The van der Waals surface area contributed by atoms with Crippen LogP contribution in [0.25, 0.3) is 0 Å². The number of nitro groups is 1. The number of para-hydroxylation sites is 1. The van der Waals surface area contributed by atoms with E-state index in [1.54, 1.807) is 30.3 Å². The van der Waals surface area contributed by atoms with E-state index in [4.69, 9.17) is 0 Å². The Morgan fingerprint density at radius 3 is 2.56 bits per heavy atom. The Labute approximate surface area is 142 Å². The van der Waals surface area contributed by atoms with Crippen molar-refractivity contribution in [1.82, 2.24) is 10.7 Å². The first-order valence-corrected chi connectivity index (χ1v) is 7.51. The van der Waals surface area contributed by atoms with E-state index < -0.39 is 16.7 Å².